The van der Waals surface area contributed by atoms with Gasteiger partial charge in [-0.1, -0.05) is 5.16 Å². The maximum Gasteiger partial charge on any atom is 0.289 e. The molecule has 3 rings (SSSR count). The van der Waals surface area contributed by atoms with Gasteiger partial charge in [0, 0.05) is 38.0 Å². The molecule has 0 saturated carbocycles. The lowest BCUT2D eigenvalue weighted by Gasteiger charge is -2.25. The molecule has 24 heavy (non-hydrogen) atoms. The van der Waals surface area contributed by atoms with Crippen molar-refractivity contribution in [3.05, 3.63) is 35.6 Å². The van der Waals surface area contributed by atoms with E-state index in [1.165, 1.54) is 0 Å². The monoisotopic (exact) mass is 331 g/mol. The zero-order valence-electron chi connectivity index (χ0n) is 14.0. The van der Waals surface area contributed by atoms with Crippen molar-refractivity contribution in [1.82, 2.24) is 20.4 Å². The first kappa shape index (κ1) is 16.4. The number of amides is 1. The molecule has 2 aromatic rings. The predicted molar refractivity (Wildman–Crippen MR) is 86.9 cm³/mol. The number of nitrogens with zero attached hydrogens (tertiary/aromatic N) is 4. The molecule has 3 heterocycles. The highest BCUT2D eigenvalue weighted by atomic mass is 16.5. The van der Waals surface area contributed by atoms with Crippen molar-refractivity contribution in [3.63, 3.8) is 0 Å². The van der Waals surface area contributed by atoms with Crippen LogP contribution in [-0.4, -0.2) is 53.4 Å². The van der Waals surface area contributed by atoms with Gasteiger partial charge in [-0.3, -0.25) is 4.79 Å². The van der Waals surface area contributed by atoms with Crippen LogP contribution in [0.3, 0.4) is 0 Å². The molecular formula is C16H21N5O3. The van der Waals surface area contributed by atoms with Crippen LogP contribution in [0.15, 0.2) is 23.0 Å². The predicted octanol–water partition coefficient (Wildman–Crippen LogP) is 1.11. The van der Waals surface area contributed by atoms with E-state index in [-0.39, 0.29) is 23.8 Å². The number of aryl methyl sites for hydroxylation is 2. The molecule has 1 amide bonds. The van der Waals surface area contributed by atoms with Gasteiger partial charge >= 0.3 is 0 Å². The number of aromatic nitrogens is 3. The summed E-state index contributed by atoms with van der Waals surface area (Å²) < 4.78 is 10.5. The second-order valence-corrected chi connectivity index (χ2v) is 5.96. The third-order valence-corrected chi connectivity index (χ3v) is 4.14. The molecule has 0 spiro atoms. The van der Waals surface area contributed by atoms with Gasteiger partial charge in [0.25, 0.3) is 5.91 Å². The maximum absolute atomic E-state index is 12.1. The summed E-state index contributed by atoms with van der Waals surface area (Å²) in [6.07, 6.45) is 2.47. The summed E-state index contributed by atoms with van der Waals surface area (Å²) in [5, 5.41) is 6.63. The van der Waals surface area contributed by atoms with Crippen molar-refractivity contribution >= 4 is 11.7 Å². The Morgan fingerprint density at radius 3 is 2.88 bits per heavy atom. The number of carbonyl (C=O) groups is 1. The van der Waals surface area contributed by atoms with Gasteiger partial charge in [-0.15, -0.1) is 0 Å². The summed E-state index contributed by atoms with van der Waals surface area (Å²) in [6, 6.07) is 3.65. The van der Waals surface area contributed by atoms with Crippen LogP contribution in [0.25, 0.3) is 0 Å². The average molecular weight is 331 g/mol. The van der Waals surface area contributed by atoms with Crippen LogP contribution in [0, 0.1) is 13.8 Å². The molecule has 1 aliphatic rings. The first-order chi connectivity index (χ1) is 11.6. The first-order valence-electron chi connectivity index (χ1n) is 7.86. The number of ether oxygens (including phenoxy) is 1. The highest BCUT2D eigenvalue weighted by Crippen LogP contribution is 2.25. The van der Waals surface area contributed by atoms with E-state index < -0.39 is 0 Å². The topological polar surface area (TPSA) is 93.4 Å². The number of rotatable bonds is 5. The molecule has 1 fully saturated rings. The van der Waals surface area contributed by atoms with E-state index in [0.717, 1.165) is 24.5 Å². The van der Waals surface area contributed by atoms with Gasteiger partial charge in [0.15, 0.2) is 0 Å². The molecule has 2 atom stereocenters. The first-order valence-corrected chi connectivity index (χ1v) is 7.86. The van der Waals surface area contributed by atoms with E-state index in [1.54, 1.807) is 26.4 Å². The Hall–Kier alpha value is -2.48. The minimum atomic E-state index is -0.268. The van der Waals surface area contributed by atoms with Gasteiger partial charge in [0.2, 0.25) is 5.76 Å². The Kier molecular flexibility index (Phi) is 4.75. The molecule has 1 saturated heterocycles. The van der Waals surface area contributed by atoms with Crippen molar-refractivity contribution in [2.24, 2.45) is 0 Å². The lowest BCUT2D eigenvalue weighted by atomic mass is 10.2. The largest absolute Gasteiger partial charge is 0.380 e. The summed E-state index contributed by atoms with van der Waals surface area (Å²) in [5.41, 5.74) is 1.58. The second kappa shape index (κ2) is 6.96. The number of nitrogens with one attached hydrogen (secondary N) is 1. The molecule has 0 radical (unpaired) electrons. The quantitative estimate of drug-likeness (QED) is 0.877. The van der Waals surface area contributed by atoms with Crippen LogP contribution in [0.2, 0.25) is 0 Å². The summed E-state index contributed by atoms with van der Waals surface area (Å²) in [5.74, 6) is 0.797. The minimum absolute atomic E-state index is 0.0946. The number of methoxy groups -OCH3 is 1. The number of hydrogen-bond acceptors (Lipinski definition) is 7. The fraction of sp³-hybridized carbons (Fsp3) is 0.500. The maximum atomic E-state index is 12.1. The van der Waals surface area contributed by atoms with Crippen LogP contribution < -0.4 is 10.2 Å². The Labute approximate surface area is 140 Å². The number of carbonyl (C=O) groups excluding carboxylic acids is 1. The molecule has 0 aromatic carbocycles. The van der Waals surface area contributed by atoms with Crippen molar-refractivity contribution in [2.45, 2.75) is 32.4 Å². The van der Waals surface area contributed by atoms with Crippen LogP contribution >= 0.6 is 0 Å². The lowest BCUT2D eigenvalue weighted by molar-refractivity contribution is 0.0910. The molecule has 128 valence electrons. The van der Waals surface area contributed by atoms with E-state index in [0.29, 0.717) is 12.2 Å². The Balaban J connectivity index is 1.68. The molecule has 8 heteroatoms. The van der Waals surface area contributed by atoms with Gasteiger partial charge in [-0.2, -0.15) is 0 Å². The van der Waals surface area contributed by atoms with E-state index in [1.807, 2.05) is 13.0 Å². The van der Waals surface area contributed by atoms with Crippen molar-refractivity contribution in [2.75, 3.05) is 25.1 Å². The third kappa shape index (κ3) is 3.53. The molecule has 0 unspecified atom stereocenters. The zero-order chi connectivity index (χ0) is 17.1. The third-order valence-electron chi connectivity index (χ3n) is 4.14. The molecule has 0 aliphatic carbocycles. The molecule has 0 bridgehead atoms. The molecule has 1 aliphatic heterocycles. The number of hydrogen-bond donors (Lipinski definition) is 1. The summed E-state index contributed by atoms with van der Waals surface area (Å²) in [6.45, 7) is 4.91. The average Bonchev–Trinajstić information content (AvgIpc) is 3.18. The van der Waals surface area contributed by atoms with Gasteiger partial charge in [-0.05, 0) is 20.3 Å². The van der Waals surface area contributed by atoms with Gasteiger partial charge in [0.05, 0.1) is 17.8 Å². The van der Waals surface area contributed by atoms with E-state index in [4.69, 9.17) is 9.26 Å². The molecular weight excluding hydrogens is 310 g/mol. The zero-order valence-corrected chi connectivity index (χ0v) is 14.0. The fourth-order valence-electron chi connectivity index (χ4n) is 2.88. The normalized spacial score (nSPS) is 20.4. The molecule has 1 N–H and O–H groups in total. The fourth-order valence-corrected chi connectivity index (χ4v) is 2.88. The highest BCUT2D eigenvalue weighted by Gasteiger charge is 2.33. The van der Waals surface area contributed by atoms with E-state index >= 15 is 0 Å². The van der Waals surface area contributed by atoms with Crippen molar-refractivity contribution in [3.8, 4) is 0 Å². The van der Waals surface area contributed by atoms with Crippen LogP contribution in [0.5, 0.6) is 0 Å². The standard InChI is InChI=1S/C16H21N5O3/c1-10-5-15(19-9-18-10)21-8-13(23-3)6-12(21)7-17-16(22)14-4-11(2)20-24-14/h4-5,9,12-13H,6-8H2,1-3H3,(H,17,22)/t12-,13-/m0/s1. The Morgan fingerprint density at radius 2 is 2.21 bits per heavy atom. The Morgan fingerprint density at radius 1 is 1.38 bits per heavy atom. The summed E-state index contributed by atoms with van der Waals surface area (Å²) in [4.78, 5) is 22.8. The van der Waals surface area contributed by atoms with E-state index in [9.17, 15) is 4.79 Å². The summed E-state index contributed by atoms with van der Waals surface area (Å²) in [7, 11) is 1.70. The Bertz CT molecular complexity index is 717. The van der Waals surface area contributed by atoms with Gasteiger partial charge in [0.1, 0.15) is 12.1 Å². The van der Waals surface area contributed by atoms with Gasteiger partial charge < -0.3 is 19.5 Å². The van der Waals surface area contributed by atoms with Crippen LogP contribution in [0.1, 0.15) is 28.4 Å². The highest BCUT2D eigenvalue weighted by molar-refractivity contribution is 5.91. The minimum Gasteiger partial charge on any atom is -0.380 e. The lowest BCUT2D eigenvalue weighted by Crippen LogP contribution is -2.40. The van der Waals surface area contributed by atoms with Gasteiger partial charge in [-0.25, -0.2) is 9.97 Å². The second-order valence-electron chi connectivity index (χ2n) is 5.96. The number of anilines is 1. The van der Waals surface area contributed by atoms with E-state index in [2.05, 4.69) is 25.3 Å². The smallest absolute Gasteiger partial charge is 0.289 e. The van der Waals surface area contributed by atoms with Crippen LogP contribution in [-0.2, 0) is 4.74 Å². The summed E-state index contributed by atoms with van der Waals surface area (Å²) >= 11 is 0. The molecule has 2 aromatic heterocycles. The van der Waals surface area contributed by atoms with Crippen molar-refractivity contribution < 1.29 is 14.1 Å². The SMILES string of the molecule is CO[C@H]1C[C@@H](CNC(=O)c2cc(C)no2)N(c2cc(C)ncn2)C1. The van der Waals surface area contributed by atoms with Crippen molar-refractivity contribution in [1.29, 1.82) is 0 Å². The molecule has 8 nitrogen and oxygen atoms in total. The van der Waals surface area contributed by atoms with Crippen LogP contribution in [0.4, 0.5) is 5.82 Å².